The molecule has 0 radical (unpaired) electrons. The molecule has 0 aliphatic heterocycles. The fourth-order valence-corrected chi connectivity index (χ4v) is 5.24. The van der Waals surface area contributed by atoms with Gasteiger partial charge in [-0.2, -0.15) is 8.42 Å². The number of hydrogen-bond donors (Lipinski definition) is 2. The molecule has 43 heavy (non-hydrogen) atoms. The molecule has 11 nitrogen and oxygen atoms in total. The molecule has 0 aliphatic rings. The number of phenolic OH excluding ortho intramolecular Hbond substituents is 2. The molecule has 0 atom stereocenters. The Kier molecular flexibility index (Phi) is 9.08. The van der Waals surface area contributed by atoms with Gasteiger partial charge in [-0.05, 0) is 59.7 Å². The quantitative estimate of drug-likeness (QED) is 0.0932. The largest absolute Gasteiger partial charge is 0.504 e. The van der Waals surface area contributed by atoms with Gasteiger partial charge in [-0.3, -0.25) is 9.59 Å². The van der Waals surface area contributed by atoms with E-state index in [-0.39, 0.29) is 50.8 Å². The number of ketones is 2. The monoisotopic (exact) mass is 601 g/mol. The van der Waals surface area contributed by atoms with Crippen molar-refractivity contribution in [1.82, 2.24) is 0 Å². The van der Waals surface area contributed by atoms with Crippen LogP contribution in [-0.4, -0.2) is 44.4 Å². The first-order valence-electron chi connectivity index (χ1n) is 12.6. The van der Waals surface area contributed by atoms with E-state index in [1.807, 2.05) is 0 Å². The van der Waals surface area contributed by atoms with Crippen LogP contribution in [0.2, 0.25) is 0 Å². The van der Waals surface area contributed by atoms with Crippen LogP contribution in [0.15, 0.2) is 83.8 Å². The van der Waals surface area contributed by atoms with Gasteiger partial charge in [-0.1, -0.05) is 36.4 Å². The van der Waals surface area contributed by atoms with Crippen molar-refractivity contribution in [3.05, 3.63) is 95.0 Å². The number of hydrogen-bond acceptors (Lipinski definition) is 10. The summed E-state index contributed by atoms with van der Waals surface area (Å²) in [6.07, 6.45) is 5.04. The number of nitrogens with zero attached hydrogens (tertiary/aromatic N) is 2. The highest BCUT2D eigenvalue weighted by molar-refractivity contribution is 7.87. The zero-order chi connectivity index (χ0) is 31.1. The maximum absolute atomic E-state index is 13.2. The number of ether oxygens (including phenoxy) is 2. The van der Waals surface area contributed by atoms with E-state index < -0.39 is 27.4 Å². The summed E-state index contributed by atoms with van der Waals surface area (Å²) in [6.45, 7) is 0. The van der Waals surface area contributed by atoms with E-state index in [9.17, 15) is 28.2 Å². The molecule has 0 amide bonds. The second kappa shape index (κ2) is 12.9. The Balaban J connectivity index is 1.46. The molecule has 218 valence electrons. The molecular weight excluding hydrogens is 576 g/mol. The smallest absolute Gasteiger partial charge is 0.426 e. The zero-order valence-corrected chi connectivity index (χ0v) is 23.7. The minimum atomic E-state index is -4.41. The van der Waals surface area contributed by atoms with Gasteiger partial charge < -0.3 is 23.9 Å². The number of fused-ring (bicyclic) bond motifs is 1. The maximum Gasteiger partial charge on any atom is 0.426 e. The summed E-state index contributed by atoms with van der Waals surface area (Å²) in [5, 5.41) is 29.3. The highest BCUT2D eigenvalue weighted by atomic mass is 32.2. The molecule has 4 rings (SSSR count). The number of aromatic hydroxyl groups is 2. The maximum atomic E-state index is 13.2. The number of carbonyl (C=O) groups excluding carboxylic acids is 2. The van der Waals surface area contributed by atoms with Gasteiger partial charge in [0.2, 0.25) is 11.1 Å². The Labute approximate surface area is 246 Å². The molecule has 0 spiro atoms. The number of carbonyl (C=O) groups is 2. The summed E-state index contributed by atoms with van der Waals surface area (Å²) in [4.78, 5) is 27.3. The van der Waals surface area contributed by atoms with Crippen LogP contribution in [-0.2, 0) is 19.7 Å². The third kappa shape index (κ3) is 6.98. The van der Waals surface area contributed by atoms with Gasteiger partial charge in [0.25, 0.3) is 0 Å². The Bertz CT molecular complexity index is 1940. The van der Waals surface area contributed by atoms with Crippen molar-refractivity contribution in [3.63, 3.8) is 0 Å². The summed E-state index contributed by atoms with van der Waals surface area (Å²) in [5.41, 5.74) is 0.958. The second-order valence-electron chi connectivity index (χ2n) is 9.04. The lowest BCUT2D eigenvalue weighted by Gasteiger charge is -2.13. The first kappa shape index (κ1) is 30.3. The van der Waals surface area contributed by atoms with Gasteiger partial charge in [0.05, 0.1) is 20.6 Å². The predicted molar refractivity (Wildman–Crippen MR) is 159 cm³/mol. The lowest BCUT2D eigenvalue weighted by molar-refractivity contribution is -0.121. The average molecular weight is 602 g/mol. The van der Waals surface area contributed by atoms with E-state index in [2.05, 4.69) is 4.98 Å². The molecule has 0 aromatic heterocycles. The molecule has 0 aliphatic carbocycles. The summed E-state index contributed by atoms with van der Waals surface area (Å²) < 4.78 is 42.1. The van der Waals surface area contributed by atoms with Gasteiger partial charge in [0.15, 0.2) is 39.5 Å². The predicted octanol–water partition coefficient (Wildman–Crippen LogP) is 5.78. The van der Waals surface area contributed by atoms with Crippen LogP contribution in [0.3, 0.4) is 0 Å². The molecule has 0 heterocycles. The van der Waals surface area contributed by atoms with Crippen LogP contribution in [0.5, 0.6) is 28.7 Å². The van der Waals surface area contributed by atoms with Crippen molar-refractivity contribution in [3.8, 4) is 28.7 Å². The number of benzene rings is 4. The highest BCUT2D eigenvalue weighted by Gasteiger charge is 2.25. The van der Waals surface area contributed by atoms with Crippen LogP contribution >= 0.6 is 0 Å². The van der Waals surface area contributed by atoms with Gasteiger partial charge in [-0.25, -0.2) is 0 Å². The summed E-state index contributed by atoms with van der Waals surface area (Å²) in [7, 11) is -1.69. The number of diazo groups is 1. The number of phenols is 2. The summed E-state index contributed by atoms with van der Waals surface area (Å²) >= 11 is 0. The molecule has 0 unspecified atom stereocenters. The fraction of sp³-hybridized carbons (Fsp3) is 0.0968. The zero-order valence-electron chi connectivity index (χ0n) is 22.9. The highest BCUT2D eigenvalue weighted by Crippen LogP contribution is 2.38. The van der Waals surface area contributed by atoms with E-state index in [0.717, 1.165) is 0 Å². The fourth-order valence-electron chi connectivity index (χ4n) is 4.09. The molecule has 0 fully saturated rings. The van der Waals surface area contributed by atoms with Crippen molar-refractivity contribution in [2.24, 2.45) is 0 Å². The van der Waals surface area contributed by atoms with E-state index in [1.165, 1.54) is 93.1 Å². The first-order chi connectivity index (χ1) is 20.6. The number of methoxy groups -OCH3 is 2. The lowest BCUT2D eigenvalue weighted by atomic mass is 10.1. The van der Waals surface area contributed by atoms with Crippen molar-refractivity contribution in [1.29, 1.82) is 5.39 Å². The van der Waals surface area contributed by atoms with Crippen LogP contribution < -0.4 is 13.7 Å². The number of rotatable bonds is 11. The minimum absolute atomic E-state index is 0.0370. The molecular formula is C31H25N2O9S+. The Hall–Kier alpha value is -5.67. The minimum Gasteiger partial charge on any atom is -0.504 e. The first-order valence-corrected chi connectivity index (χ1v) is 14.0. The number of allylic oxidation sites excluding steroid dienone is 2. The van der Waals surface area contributed by atoms with Gasteiger partial charge in [0, 0.05) is 16.8 Å². The molecule has 0 bridgehead atoms. The third-order valence-electron chi connectivity index (χ3n) is 6.21. The van der Waals surface area contributed by atoms with Gasteiger partial charge in [-0.15, -0.1) is 0 Å². The summed E-state index contributed by atoms with van der Waals surface area (Å²) in [6, 6.07) is 15.7. The standard InChI is InChI=1S/C31H24N2O9S/c1-40-28-16-19(8-14-26(28)36)6-10-21(34)18-22(35)11-7-20-9-15-27(29(17-20)41-2)42-43(38,39)30-5-3-4-24-23(30)12-13-25(33-32)31(24)37/h3-17H,18H2,1-2H3,(H-,34,36,37)/p+1. The van der Waals surface area contributed by atoms with Crippen LogP contribution in [0.25, 0.3) is 27.9 Å². The molecule has 2 N–H and O–H groups in total. The molecule has 4 aromatic rings. The van der Waals surface area contributed by atoms with E-state index >= 15 is 0 Å². The van der Waals surface area contributed by atoms with Crippen LogP contribution in [0.4, 0.5) is 5.69 Å². The Morgan fingerprint density at radius 3 is 2.07 bits per heavy atom. The van der Waals surface area contributed by atoms with Gasteiger partial charge in [0.1, 0.15) is 4.90 Å². The molecule has 4 aromatic carbocycles. The Morgan fingerprint density at radius 1 is 0.814 bits per heavy atom. The van der Waals surface area contributed by atoms with E-state index in [1.54, 1.807) is 12.1 Å². The topological polar surface area (TPSA) is 165 Å². The lowest BCUT2D eigenvalue weighted by Crippen LogP contribution is -2.11. The summed E-state index contributed by atoms with van der Waals surface area (Å²) in [5.74, 6) is -1.14. The normalized spacial score (nSPS) is 11.5. The van der Waals surface area contributed by atoms with Crippen molar-refractivity contribution < 1.29 is 41.9 Å². The second-order valence-corrected chi connectivity index (χ2v) is 10.6. The van der Waals surface area contributed by atoms with Crippen molar-refractivity contribution >= 4 is 50.3 Å². The van der Waals surface area contributed by atoms with E-state index in [0.29, 0.717) is 11.1 Å². The Morgan fingerprint density at radius 2 is 1.44 bits per heavy atom. The molecule has 12 heteroatoms. The molecule has 0 saturated carbocycles. The SMILES string of the molecule is COc1cc(C=CC(=O)CC(=O)C=Cc2ccc(OS(=O)(=O)c3cccc4c(O)c([N+]#N)ccc34)c(OC)c2)ccc1O. The van der Waals surface area contributed by atoms with Crippen LogP contribution in [0.1, 0.15) is 17.5 Å². The molecule has 0 saturated heterocycles. The average Bonchev–Trinajstić information content (AvgIpc) is 3.00. The third-order valence-corrected chi connectivity index (χ3v) is 7.51. The van der Waals surface area contributed by atoms with Crippen molar-refractivity contribution in [2.45, 2.75) is 11.3 Å². The van der Waals surface area contributed by atoms with Crippen LogP contribution in [0, 0.1) is 5.39 Å². The van der Waals surface area contributed by atoms with Gasteiger partial charge >= 0.3 is 15.8 Å². The van der Waals surface area contributed by atoms with E-state index in [4.69, 9.17) is 19.0 Å². The van der Waals surface area contributed by atoms with Crippen molar-refractivity contribution in [2.75, 3.05) is 14.2 Å².